The Balaban J connectivity index is 3.21. The number of unbranched alkanes of at least 4 members (excludes halogenated alkanes) is 2. The van der Waals surface area contributed by atoms with E-state index >= 15 is 0 Å². The standard InChI is InChI=1S/C16H23N3/c1-6-7-8-9-19-12(2)14(10-17)16(4,5)15(11-18)13(19)3/h6-9H2,1-5H3. The first-order chi connectivity index (χ1) is 8.91. The average molecular weight is 257 g/mol. The first-order valence-corrected chi connectivity index (χ1v) is 6.92. The molecule has 0 saturated heterocycles. The number of hydrogen-bond donors (Lipinski definition) is 0. The van der Waals surface area contributed by atoms with E-state index in [9.17, 15) is 10.5 Å². The lowest BCUT2D eigenvalue weighted by molar-refractivity contribution is 0.362. The third-order valence-corrected chi connectivity index (χ3v) is 3.99. The Morgan fingerprint density at radius 1 is 1.00 bits per heavy atom. The maximum absolute atomic E-state index is 9.42. The molecule has 0 aliphatic carbocycles. The highest BCUT2D eigenvalue weighted by atomic mass is 15.2. The molecule has 0 aromatic rings. The van der Waals surface area contributed by atoms with Gasteiger partial charge in [0.1, 0.15) is 0 Å². The van der Waals surface area contributed by atoms with Crippen LogP contribution in [0.2, 0.25) is 0 Å². The summed E-state index contributed by atoms with van der Waals surface area (Å²) in [5, 5.41) is 18.8. The Morgan fingerprint density at radius 3 is 1.84 bits per heavy atom. The molecule has 102 valence electrons. The highest BCUT2D eigenvalue weighted by Gasteiger charge is 2.37. The van der Waals surface area contributed by atoms with Crippen LogP contribution < -0.4 is 0 Å². The average Bonchev–Trinajstić information content (AvgIpc) is 2.34. The molecule has 1 aliphatic rings. The molecule has 3 nitrogen and oxygen atoms in total. The highest BCUT2D eigenvalue weighted by molar-refractivity contribution is 5.50. The lowest BCUT2D eigenvalue weighted by atomic mass is 9.74. The summed E-state index contributed by atoms with van der Waals surface area (Å²) in [6, 6.07) is 4.60. The van der Waals surface area contributed by atoms with Crippen LogP contribution in [0.3, 0.4) is 0 Å². The normalized spacial score (nSPS) is 18.4. The fourth-order valence-electron chi connectivity index (χ4n) is 2.85. The summed E-state index contributed by atoms with van der Waals surface area (Å²) >= 11 is 0. The summed E-state index contributed by atoms with van der Waals surface area (Å²) < 4.78 is 0. The molecule has 0 spiro atoms. The molecular weight excluding hydrogens is 234 g/mol. The molecule has 0 fully saturated rings. The van der Waals surface area contributed by atoms with Gasteiger partial charge in [-0.25, -0.2) is 0 Å². The highest BCUT2D eigenvalue weighted by Crippen LogP contribution is 2.43. The number of allylic oxidation sites excluding steroid dienone is 4. The summed E-state index contributed by atoms with van der Waals surface area (Å²) in [6.07, 6.45) is 3.42. The largest absolute Gasteiger partial charge is 0.347 e. The third kappa shape index (κ3) is 2.66. The first-order valence-electron chi connectivity index (χ1n) is 6.92. The minimum absolute atomic E-state index is 0.473. The smallest absolute Gasteiger partial charge is 0.0975 e. The molecule has 0 aromatic carbocycles. The van der Waals surface area contributed by atoms with Gasteiger partial charge in [0.2, 0.25) is 0 Å². The van der Waals surface area contributed by atoms with Crippen LogP contribution in [0, 0.1) is 28.1 Å². The second kappa shape index (κ2) is 5.93. The molecule has 0 aromatic heterocycles. The molecule has 0 unspecified atom stereocenters. The summed E-state index contributed by atoms with van der Waals surface area (Å²) in [6.45, 7) is 11.0. The molecule has 1 aliphatic heterocycles. The number of nitrogens with zero attached hydrogens (tertiary/aromatic N) is 3. The van der Waals surface area contributed by atoms with Gasteiger partial charge in [-0.05, 0) is 20.3 Å². The van der Waals surface area contributed by atoms with E-state index < -0.39 is 5.41 Å². The van der Waals surface area contributed by atoms with Crippen molar-refractivity contribution >= 4 is 0 Å². The molecule has 0 atom stereocenters. The molecule has 19 heavy (non-hydrogen) atoms. The van der Waals surface area contributed by atoms with Crippen LogP contribution in [0.25, 0.3) is 0 Å². The Morgan fingerprint density at radius 2 is 1.47 bits per heavy atom. The molecule has 0 bridgehead atoms. The fourth-order valence-corrected chi connectivity index (χ4v) is 2.85. The van der Waals surface area contributed by atoms with Gasteiger partial charge < -0.3 is 4.90 Å². The van der Waals surface area contributed by atoms with Crippen LogP contribution in [0.5, 0.6) is 0 Å². The third-order valence-electron chi connectivity index (χ3n) is 3.99. The summed E-state index contributed by atoms with van der Waals surface area (Å²) in [5.41, 5.74) is 2.95. The molecule has 1 heterocycles. The van der Waals surface area contributed by atoms with E-state index in [1.54, 1.807) is 0 Å². The summed E-state index contributed by atoms with van der Waals surface area (Å²) in [5.74, 6) is 0. The predicted molar refractivity (Wildman–Crippen MR) is 76.6 cm³/mol. The minimum Gasteiger partial charge on any atom is -0.347 e. The summed E-state index contributed by atoms with van der Waals surface area (Å²) in [4.78, 5) is 2.14. The van der Waals surface area contributed by atoms with Crippen LogP contribution in [-0.2, 0) is 0 Å². The van der Waals surface area contributed by atoms with Crippen LogP contribution in [0.4, 0.5) is 0 Å². The molecular formula is C16H23N3. The van der Waals surface area contributed by atoms with E-state index in [0.717, 1.165) is 24.4 Å². The van der Waals surface area contributed by atoms with Gasteiger partial charge in [0.05, 0.1) is 23.3 Å². The van der Waals surface area contributed by atoms with E-state index in [-0.39, 0.29) is 0 Å². The molecule has 1 rings (SSSR count). The van der Waals surface area contributed by atoms with E-state index in [1.165, 1.54) is 12.8 Å². The van der Waals surface area contributed by atoms with Crippen LogP contribution in [0.1, 0.15) is 53.9 Å². The maximum atomic E-state index is 9.42. The van der Waals surface area contributed by atoms with Crippen molar-refractivity contribution in [1.29, 1.82) is 10.5 Å². The van der Waals surface area contributed by atoms with Crippen molar-refractivity contribution in [1.82, 2.24) is 4.90 Å². The van der Waals surface area contributed by atoms with Crippen LogP contribution in [0.15, 0.2) is 22.5 Å². The lowest BCUT2D eigenvalue weighted by Crippen LogP contribution is -2.34. The van der Waals surface area contributed by atoms with E-state index in [1.807, 2.05) is 27.7 Å². The second-order valence-corrected chi connectivity index (χ2v) is 5.63. The van der Waals surface area contributed by atoms with Gasteiger partial charge in [0.15, 0.2) is 0 Å². The fraction of sp³-hybridized carbons (Fsp3) is 0.625. The van der Waals surface area contributed by atoms with Crippen molar-refractivity contribution in [2.45, 2.75) is 53.9 Å². The zero-order valence-corrected chi connectivity index (χ0v) is 12.7. The molecule has 0 radical (unpaired) electrons. The van der Waals surface area contributed by atoms with Crippen molar-refractivity contribution in [3.8, 4) is 12.1 Å². The second-order valence-electron chi connectivity index (χ2n) is 5.63. The lowest BCUT2D eigenvalue weighted by Gasteiger charge is -2.39. The minimum atomic E-state index is -0.473. The monoisotopic (exact) mass is 257 g/mol. The Bertz CT molecular complexity index is 455. The maximum Gasteiger partial charge on any atom is 0.0975 e. The van der Waals surface area contributed by atoms with Gasteiger partial charge in [0, 0.05) is 23.4 Å². The van der Waals surface area contributed by atoms with Crippen LogP contribution >= 0.6 is 0 Å². The molecule has 0 N–H and O–H groups in total. The SMILES string of the molecule is CCCCCN1C(C)=C(C#N)C(C)(C)C(C#N)=C1C. The van der Waals surface area contributed by atoms with Crippen molar-refractivity contribution in [2.75, 3.05) is 6.54 Å². The van der Waals surface area contributed by atoms with Crippen molar-refractivity contribution in [3.63, 3.8) is 0 Å². The zero-order chi connectivity index (χ0) is 14.6. The molecule has 0 amide bonds. The van der Waals surface area contributed by atoms with Gasteiger partial charge >= 0.3 is 0 Å². The van der Waals surface area contributed by atoms with E-state index in [0.29, 0.717) is 11.1 Å². The zero-order valence-electron chi connectivity index (χ0n) is 12.7. The van der Waals surface area contributed by atoms with Gasteiger partial charge in [0.25, 0.3) is 0 Å². The van der Waals surface area contributed by atoms with Gasteiger partial charge in [-0.3, -0.25) is 0 Å². The summed E-state index contributed by atoms with van der Waals surface area (Å²) in [7, 11) is 0. The van der Waals surface area contributed by atoms with Crippen molar-refractivity contribution < 1.29 is 0 Å². The Labute approximate surface area is 116 Å². The topological polar surface area (TPSA) is 50.8 Å². The van der Waals surface area contributed by atoms with Gasteiger partial charge in [-0.15, -0.1) is 0 Å². The van der Waals surface area contributed by atoms with Gasteiger partial charge in [-0.1, -0.05) is 33.6 Å². The Kier molecular flexibility index (Phi) is 4.78. The molecule has 3 heteroatoms. The van der Waals surface area contributed by atoms with Crippen molar-refractivity contribution in [3.05, 3.63) is 22.5 Å². The van der Waals surface area contributed by atoms with Crippen molar-refractivity contribution in [2.24, 2.45) is 5.41 Å². The first kappa shape index (κ1) is 15.3. The molecule has 0 saturated carbocycles. The predicted octanol–water partition coefficient (Wildman–Crippen LogP) is 4.11. The van der Waals surface area contributed by atoms with Crippen LogP contribution in [-0.4, -0.2) is 11.4 Å². The number of hydrogen-bond acceptors (Lipinski definition) is 3. The van der Waals surface area contributed by atoms with E-state index in [2.05, 4.69) is 24.0 Å². The van der Waals surface area contributed by atoms with E-state index in [4.69, 9.17) is 0 Å². The number of rotatable bonds is 4. The Hall–Kier alpha value is -1.74. The van der Waals surface area contributed by atoms with Gasteiger partial charge in [-0.2, -0.15) is 10.5 Å². The quantitative estimate of drug-likeness (QED) is 0.712. The number of nitriles is 2.